The Hall–Kier alpha value is -0.940. The molecule has 0 saturated carbocycles. The Morgan fingerprint density at radius 2 is 1.13 bits per heavy atom. The number of hydrogen-bond donors (Lipinski definition) is 0. The highest BCUT2D eigenvalue weighted by atomic mass is 35.5. The minimum Gasteiger partial charge on any atom is -0.492 e. The first kappa shape index (κ1) is 18.4. The summed E-state index contributed by atoms with van der Waals surface area (Å²) in [6, 6.07) is 0. The third kappa shape index (κ3) is 3.45. The first-order chi connectivity index (χ1) is 10.8. The van der Waals surface area contributed by atoms with Crippen LogP contribution in [0, 0.1) is 0 Å². The molecule has 2 aliphatic carbocycles. The standard InChI is InChI=1S/C15H12Cl4O4/c1-22-14-10(20)4-8(16)6(12(14)18)3-7-9(17)5-11(21)15(23-2)13(7)19/h3-5H2,1-2H3. The Bertz CT molecular complexity index is 653. The fourth-order valence-electron chi connectivity index (χ4n) is 2.34. The van der Waals surface area contributed by atoms with Gasteiger partial charge in [-0.15, -0.1) is 0 Å². The number of carbonyl (C=O) groups is 2. The fraction of sp³-hybridized carbons (Fsp3) is 0.333. The molecular weight excluding hydrogens is 386 g/mol. The highest BCUT2D eigenvalue weighted by Crippen LogP contribution is 2.42. The summed E-state index contributed by atoms with van der Waals surface area (Å²) in [5.41, 5.74) is 0.974. The number of methoxy groups -OCH3 is 2. The molecule has 0 atom stereocenters. The lowest BCUT2D eigenvalue weighted by Crippen LogP contribution is -2.16. The van der Waals surface area contributed by atoms with Crippen LogP contribution in [-0.4, -0.2) is 25.8 Å². The highest BCUT2D eigenvalue weighted by molar-refractivity contribution is 6.41. The van der Waals surface area contributed by atoms with Crippen molar-refractivity contribution in [3.63, 3.8) is 0 Å². The first-order valence-electron chi connectivity index (χ1n) is 6.51. The summed E-state index contributed by atoms with van der Waals surface area (Å²) in [5, 5.41) is 0.813. The van der Waals surface area contributed by atoms with E-state index in [9.17, 15) is 9.59 Å². The third-order valence-electron chi connectivity index (χ3n) is 3.48. The maximum absolute atomic E-state index is 11.8. The van der Waals surface area contributed by atoms with E-state index in [2.05, 4.69) is 0 Å². The van der Waals surface area contributed by atoms with Crippen LogP contribution in [0.2, 0.25) is 0 Å². The molecule has 4 nitrogen and oxygen atoms in total. The zero-order chi connectivity index (χ0) is 17.3. The van der Waals surface area contributed by atoms with Crippen molar-refractivity contribution in [2.75, 3.05) is 14.2 Å². The molecule has 0 N–H and O–H groups in total. The van der Waals surface area contributed by atoms with Crippen LogP contribution in [0.4, 0.5) is 0 Å². The molecule has 2 rings (SSSR count). The molecule has 124 valence electrons. The Balaban J connectivity index is 2.46. The zero-order valence-electron chi connectivity index (χ0n) is 12.3. The number of hydrogen-bond acceptors (Lipinski definition) is 4. The summed E-state index contributed by atoms with van der Waals surface area (Å²) < 4.78 is 10.1. The van der Waals surface area contributed by atoms with Crippen molar-refractivity contribution in [3.8, 4) is 0 Å². The molecule has 0 fully saturated rings. The molecule has 0 amide bonds. The number of ketones is 2. The van der Waals surface area contributed by atoms with Crippen LogP contribution in [0.5, 0.6) is 0 Å². The van der Waals surface area contributed by atoms with Crippen molar-refractivity contribution in [2.45, 2.75) is 19.3 Å². The van der Waals surface area contributed by atoms with E-state index >= 15 is 0 Å². The van der Waals surface area contributed by atoms with Gasteiger partial charge in [-0.3, -0.25) is 9.59 Å². The molecule has 0 aromatic carbocycles. The maximum Gasteiger partial charge on any atom is 0.204 e. The monoisotopic (exact) mass is 396 g/mol. The maximum atomic E-state index is 11.8. The molecular formula is C15H12Cl4O4. The number of ether oxygens (including phenoxy) is 2. The van der Waals surface area contributed by atoms with Crippen molar-refractivity contribution in [3.05, 3.63) is 42.8 Å². The van der Waals surface area contributed by atoms with Crippen LogP contribution in [-0.2, 0) is 19.1 Å². The van der Waals surface area contributed by atoms with Crippen LogP contribution in [0.15, 0.2) is 42.8 Å². The van der Waals surface area contributed by atoms with Crippen molar-refractivity contribution >= 4 is 58.0 Å². The molecule has 0 unspecified atom stereocenters. The highest BCUT2D eigenvalue weighted by Gasteiger charge is 2.32. The third-order valence-corrected chi connectivity index (χ3v) is 5.01. The lowest BCUT2D eigenvalue weighted by molar-refractivity contribution is -0.118. The zero-order valence-corrected chi connectivity index (χ0v) is 15.3. The number of halogens is 4. The molecule has 0 saturated heterocycles. The van der Waals surface area contributed by atoms with Crippen LogP contribution < -0.4 is 0 Å². The Labute approximate surface area is 153 Å². The predicted octanol–water partition coefficient (Wildman–Crippen LogP) is 4.50. The smallest absolute Gasteiger partial charge is 0.204 e. The van der Waals surface area contributed by atoms with Gasteiger partial charge in [0.25, 0.3) is 0 Å². The molecule has 2 aliphatic rings. The molecule has 0 aromatic rings. The summed E-state index contributed by atoms with van der Waals surface area (Å²) in [4.78, 5) is 23.7. The fourth-order valence-corrected chi connectivity index (χ4v) is 3.73. The predicted molar refractivity (Wildman–Crippen MR) is 89.4 cm³/mol. The van der Waals surface area contributed by atoms with E-state index in [0.29, 0.717) is 11.1 Å². The number of rotatable bonds is 4. The number of carbonyl (C=O) groups excluding carboxylic acids is 2. The SMILES string of the molecule is COC1=C(Cl)C(CC2=C(Cl)CC(=O)C(OC)=C2Cl)=C(Cl)CC1=O. The summed E-state index contributed by atoms with van der Waals surface area (Å²) in [5.74, 6) is -0.516. The lowest BCUT2D eigenvalue weighted by Gasteiger charge is -2.22. The van der Waals surface area contributed by atoms with Gasteiger partial charge < -0.3 is 9.47 Å². The van der Waals surface area contributed by atoms with Crippen LogP contribution in [0.3, 0.4) is 0 Å². The second-order valence-corrected chi connectivity index (χ2v) is 6.51. The van der Waals surface area contributed by atoms with Crippen LogP contribution in [0.25, 0.3) is 0 Å². The van der Waals surface area contributed by atoms with E-state index in [1.54, 1.807) is 0 Å². The first-order valence-corrected chi connectivity index (χ1v) is 8.02. The average Bonchev–Trinajstić information content (AvgIpc) is 2.46. The van der Waals surface area contributed by atoms with Crippen LogP contribution in [0.1, 0.15) is 19.3 Å². The van der Waals surface area contributed by atoms with Gasteiger partial charge in [-0.2, -0.15) is 0 Å². The molecule has 0 bridgehead atoms. The quantitative estimate of drug-likeness (QED) is 0.700. The Kier molecular flexibility index (Phi) is 5.84. The van der Waals surface area contributed by atoms with Crippen molar-refractivity contribution < 1.29 is 19.1 Å². The van der Waals surface area contributed by atoms with E-state index in [4.69, 9.17) is 55.9 Å². The van der Waals surface area contributed by atoms with E-state index < -0.39 is 0 Å². The molecule has 0 aliphatic heterocycles. The summed E-state index contributed by atoms with van der Waals surface area (Å²) >= 11 is 24.8. The van der Waals surface area contributed by atoms with E-state index in [-0.39, 0.29) is 62.5 Å². The van der Waals surface area contributed by atoms with Gasteiger partial charge in [-0.1, -0.05) is 46.4 Å². The minimum atomic E-state index is -0.302. The van der Waals surface area contributed by atoms with Gasteiger partial charge in [0, 0.05) is 16.5 Å². The van der Waals surface area contributed by atoms with E-state index in [1.165, 1.54) is 14.2 Å². The van der Waals surface area contributed by atoms with Gasteiger partial charge in [0.15, 0.2) is 11.5 Å². The van der Waals surface area contributed by atoms with Crippen molar-refractivity contribution in [1.29, 1.82) is 0 Å². The van der Waals surface area contributed by atoms with Crippen molar-refractivity contribution in [1.82, 2.24) is 0 Å². The van der Waals surface area contributed by atoms with Gasteiger partial charge in [-0.05, 0) is 11.1 Å². The van der Waals surface area contributed by atoms with Crippen molar-refractivity contribution in [2.24, 2.45) is 0 Å². The molecule has 23 heavy (non-hydrogen) atoms. The topological polar surface area (TPSA) is 52.6 Å². The largest absolute Gasteiger partial charge is 0.492 e. The number of Topliss-reactive ketones (excluding diaryl/α,β-unsaturated/α-hetero) is 2. The normalized spacial score (nSPS) is 19.9. The molecule has 0 heterocycles. The molecule has 0 radical (unpaired) electrons. The number of allylic oxidation sites excluding steroid dienone is 8. The molecule has 0 aromatic heterocycles. The van der Waals surface area contributed by atoms with Gasteiger partial charge in [0.05, 0.1) is 37.1 Å². The minimum absolute atomic E-state index is 0.0153. The lowest BCUT2D eigenvalue weighted by atomic mass is 9.93. The summed E-state index contributed by atoms with van der Waals surface area (Å²) in [7, 11) is 2.71. The van der Waals surface area contributed by atoms with Gasteiger partial charge in [0.1, 0.15) is 0 Å². The molecule has 0 spiro atoms. The summed E-state index contributed by atoms with van der Waals surface area (Å²) in [6.45, 7) is 0. The van der Waals surface area contributed by atoms with Gasteiger partial charge >= 0.3 is 0 Å². The second kappa shape index (κ2) is 7.31. The van der Waals surface area contributed by atoms with E-state index in [0.717, 1.165) is 0 Å². The Morgan fingerprint density at radius 1 is 0.783 bits per heavy atom. The molecule has 8 heteroatoms. The second-order valence-electron chi connectivity index (χ2n) is 4.84. The van der Waals surface area contributed by atoms with Gasteiger partial charge in [0.2, 0.25) is 11.6 Å². The van der Waals surface area contributed by atoms with E-state index in [1.807, 2.05) is 0 Å². The summed E-state index contributed by atoms with van der Waals surface area (Å²) in [6.07, 6.45) is 0.132. The van der Waals surface area contributed by atoms with Crippen LogP contribution >= 0.6 is 46.4 Å². The van der Waals surface area contributed by atoms with Gasteiger partial charge in [-0.25, -0.2) is 0 Å². The Morgan fingerprint density at radius 3 is 1.43 bits per heavy atom. The average molecular weight is 398 g/mol.